The number of benzene rings is 3. The minimum Gasteiger partial charge on any atom is -0.278 e. The van der Waals surface area contributed by atoms with Gasteiger partial charge in [0.15, 0.2) is 0 Å². The number of aryl methyl sites for hydroxylation is 1. The Morgan fingerprint density at radius 2 is 1.71 bits per heavy atom. The second kappa shape index (κ2) is 7.16. The Morgan fingerprint density at radius 1 is 1.04 bits per heavy atom. The fraction of sp³-hybridized carbons (Fsp3) is 0.0500. The molecule has 5 nitrogen and oxygen atoms in total. The zero-order valence-electron chi connectivity index (χ0n) is 14.8. The lowest BCUT2D eigenvalue weighted by molar-refractivity contribution is 0.598. The number of imidazole rings is 1. The molecule has 0 saturated heterocycles. The first-order valence-electron chi connectivity index (χ1n) is 8.41. The molecule has 0 aliphatic rings. The number of nitrogens with one attached hydrogen (secondary N) is 1. The van der Waals surface area contributed by atoms with Gasteiger partial charge in [0.25, 0.3) is 10.0 Å². The summed E-state index contributed by atoms with van der Waals surface area (Å²) in [7, 11) is -3.93. The van der Waals surface area contributed by atoms with Gasteiger partial charge in [-0.2, -0.15) is 0 Å². The third kappa shape index (κ3) is 3.37. The van der Waals surface area contributed by atoms with Crippen LogP contribution in [0.4, 0.5) is 5.95 Å². The number of aromatic nitrogens is 2. The van der Waals surface area contributed by atoms with Crippen molar-refractivity contribution in [3.05, 3.63) is 77.3 Å². The molecule has 0 saturated carbocycles. The molecule has 142 valence electrons. The smallest absolute Gasteiger partial charge is 0.265 e. The first-order valence-corrected chi connectivity index (χ1v) is 10.7. The standard InChI is InChI=1S/C20H16ClN3O2S2/c1-13-11-19(18(27)12-15(13)21)28(25,26)23-20-22-16-9-5-6-10-17(16)24(20)14-7-3-2-4-8-14/h2-12,27H,1H3,(H,22,23). The largest absolute Gasteiger partial charge is 0.278 e. The summed E-state index contributed by atoms with van der Waals surface area (Å²) in [5, 5.41) is 0.459. The number of rotatable bonds is 4. The van der Waals surface area contributed by atoms with E-state index in [1.165, 1.54) is 12.1 Å². The SMILES string of the molecule is Cc1cc(S(=O)(=O)Nc2nc3ccccc3n2-c2ccccc2)c(S)cc1Cl. The van der Waals surface area contributed by atoms with Gasteiger partial charge in [-0.25, -0.2) is 18.1 Å². The highest BCUT2D eigenvalue weighted by Gasteiger charge is 2.23. The average Bonchev–Trinajstić information content (AvgIpc) is 3.02. The Bertz CT molecular complexity index is 1290. The topological polar surface area (TPSA) is 64.0 Å². The van der Waals surface area contributed by atoms with Crippen molar-refractivity contribution in [2.24, 2.45) is 0 Å². The van der Waals surface area contributed by atoms with Gasteiger partial charge in [0.1, 0.15) is 4.90 Å². The van der Waals surface area contributed by atoms with Gasteiger partial charge in [-0.1, -0.05) is 41.9 Å². The molecule has 1 heterocycles. The monoisotopic (exact) mass is 429 g/mol. The van der Waals surface area contributed by atoms with E-state index in [1.807, 2.05) is 54.6 Å². The molecule has 1 aromatic heterocycles. The minimum absolute atomic E-state index is 0.0457. The molecule has 0 aliphatic carbocycles. The van der Waals surface area contributed by atoms with Crippen molar-refractivity contribution in [2.75, 3.05) is 4.72 Å². The van der Waals surface area contributed by atoms with Crippen LogP contribution in [0.25, 0.3) is 16.7 Å². The first kappa shape index (κ1) is 18.9. The fourth-order valence-electron chi connectivity index (χ4n) is 2.97. The number of hydrogen-bond acceptors (Lipinski definition) is 4. The lowest BCUT2D eigenvalue weighted by Gasteiger charge is -2.13. The molecular formula is C20H16ClN3O2S2. The predicted molar refractivity (Wildman–Crippen MR) is 115 cm³/mol. The fourth-order valence-corrected chi connectivity index (χ4v) is 4.92. The number of hydrogen-bond donors (Lipinski definition) is 2. The van der Waals surface area contributed by atoms with Gasteiger partial charge >= 0.3 is 0 Å². The normalized spacial score (nSPS) is 11.7. The van der Waals surface area contributed by atoms with Gasteiger partial charge in [-0.3, -0.25) is 4.57 Å². The van der Waals surface area contributed by atoms with E-state index in [9.17, 15) is 8.42 Å². The zero-order valence-corrected chi connectivity index (χ0v) is 17.3. The summed E-state index contributed by atoms with van der Waals surface area (Å²) in [6, 6.07) is 20.0. The lowest BCUT2D eigenvalue weighted by Crippen LogP contribution is -2.17. The molecule has 0 atom stereocenters. The number of thiol groups is 1. The van der Waals surface area contributed by atoms with Crippen LogP contribution >= 0.6 is 24.2 Å². The highest BCUT2D eigenvalue weighted by atomic mass is 35.5. The summed E-state index contributed by atoms with van der Waals surface area (Å²) in [6.45, 7) is 1.74. The quantitative estimate of drug-likeness (QED) is 0.445. The maximum Gasteiger partial charge on any atom is 0.265 e. The maximum absolute atomic E-state index is 13.1. The van der Waals surface area contributed by atoms with Gasteiger partial charge in [0.2, 0.25) is 5.95 Å². The van der Waals surface area contributed by atoms with Crippen molar-refractivity contribution < 1.29 is 8.42 Å². The van der Waals surface area contributed by atoms with Crippen LogP contribution < -0.4 is 4.72 Å². The number of halogens is 1. The van der Waals surface area contributed by atoms with Crippen LogP contribution in [-0.2, 0) is 10.0 Å². The summed E-state index contributed by atoms with van der Waals surface area (Å²) in [6.07, 6.45) is 0. The number of fused-ring (bicyclic) bond motifs is 1. The van der Waals surface area contributed by atoms with Gasteiger partial charge < -0.3 is 0 Å². The zero-order chi connectivity index (χ0) is 19.9. The van der Waals surface area contributed by atoms with E-state index in [0.717, 1.165) is 11.2 Å². The Kier molecular flexibility index (Phi) is 4.82. The molecule has 1 N–H and O–H groups in total. The van der Waals surface area contributed by atoms with Gasteiger partial charge in [0, 0.05) is 15.6 Å². The van der Waals surface area contributed by atoms with Crippen molar-refractivity contribution >= 4 is 51.2 Å². The van der Waals surface area contributed by atoms with Crippen LogP contribution in [0.15, 0.2) is 76.5 Å². The molecule has 4 aromatic rings. The molecule has 0 amide bonds. The predicted octanol–water partition coefficient (Wildman–Crippen LogP) is 5.08. The van der Waals surface area contributed by atoms with Crippen molar-refractivity contribution in [1.29, 1.82) is 0 Å². The van der Waals surface area contributed by atoms with Crippen molar-refractivity contribution in [3.63, 3.8) is 0 Å². The Balaban J connectivity index is 1.88. The molecule has 3 aromatic carbocycles. The lowest BCUT2D eigenvalue weighted by atomic mass is 10.2. The van der Waals surface area contributed by atoms with E-state index < -0.39 is 10.0 Å². The molecule has 8 heteroatoms. The van der Waals surface area contributed by atoms with Gasteiger partial charge in [0.05, 0.1) is 11.0 Å². The van der Waals surface area contributed by atoms with Gasteiger partial charge in [-0.15, -0.1) is 12.6 Å². The number of anilines is 1. The average molecular weight is 430 g/mol. The Labute approximate surface area is 173 Å². The van der Waals surface area contributed by atoms with Crippen LogP contribution in [0.3, 0.4) is 0 Å². The third-order valence-electron chi connectivity index (χ3n) is 4.33. The van der Waals surface area contributed by atoms with Crippen molar-refractivity contribution in [2.45, 2.75) is 16.7 Å². The highest BCUT2D eigenvalue weighted by Crippen LogP contribution is 2.30. The van der Waals surface area contributed by atoms with Crippen molar-refractivity contribution in [3.8, 4) is 5.69 Å². The molecule has 28 heavy (non-hydrogen) atoms. The van der Waals surface area contributed by atoms with E-state index in [4.69, 9.17) is 11.6 Å². The molecule has 0 aliphatic heterocycles. The summed E-state index contributed by atoms with van der Waals surface area (Å²) in [4.78, 5) is 4.81. The van der Waals surface area contributed by atoms with Crippen LogP contribution in [0, 0.1) is 6.92 Å². The highest BCUT2D eigenvalue weighted by molar-refractivity contribution is 7.93. The van der Waals surface area contributed by atoms with Crippen LogP contribution in [0.1, 0.15) is 5.56 Å². The molecule has 0 spiro atoms. The number of sulfonamides is 1. The van der Waals surface area contributed by atoms with E-state index in [0.29, 0.717) is 16.1 Å². The Hall–Kier alpha value is -2.48. The minimum atomic E-state index is -3.93. The van der Waals surface area contributed by atoms with Crippen LogP contribution in [0.2, 0.25) is 5.02 Å². The van der Waals surface area contributed by atoms with Crippen LogP contribution in [-0.4, -0.2) is 18.0 Å². The first-order chi connectivity index (χ1) is 13.4. The van der Waals surface area contributed by atoms with Crippen molar-refractivity contribution in [1.82, 2.24) is 9.55 Å². The summed E-state index contributed by atoms with van der Waals surface area (Å²) in [5.74, 6) is 0.202. The third-order valence-corrected chi connectivity index (χ3v) is 6.63. The van der Waals surface area contributed by atoms with E-state index in [-0.39, 0.29) is 15.7 Å². The molecule has 0 radical (unpaired) electrons. The molecule has 0 bridgehead atoms. The van der Waals surface area contributed by atoms with Crippen LogP contribution in [0.5, 0.6) is 0 Å². The summed E-state index contributed by atoms with van der Waals surface area (Å²) >= 11 is 10.4. The molecule has 0 fully saturated rings. The molecule has 4 rings (SSSR count). The van der Waals surface area contributed by atoms with E-state index in [2.05, 4.69) is 22.3 Å². The summed E-state index contributed by atoms with van der Waals surface area (Å²) < 4.78 is 30.6. The summed E-state index contributed by atoms with van der Waals surface area (Å²) in [5.41, 5.74) is 2.93. The van der Waals surface area contributed by atoms with E-state index >= 15 is 0 Å². The number of nitrogens with zero attached hydrogens (tertiary/aromatic N) is 2. The Morgan fingerprint density at radius 3 is 2.46 bits per heavy atom. The second-order valence-corrected chi connectivity index (χ2v) is 8.81. The molecular weight excluding hydrogens is 414 g/mol. The molecule has 0 unspecified atom stereocenters. The van der Waals surface area contributed by atoms with E-state index in [1.54, 1.807) is 11.5 Å². The number of para-hydroxylation sites is 3. The second-order valence-electron chi connectivity index (χ2n) is 6.27. The maximum atomic E-state index is 13.1. The van der Waals surface area contributed by atoms with Gasteiger partial charge in [-0.05, 0) is 48.9 Å².